The number of unbranched alkanes of at least 4 members (excludes halogenated alkanes) is 2. The van der Waals surface area contributed by atoms with Crippen molar-refractivity contribution in [3.63, 3.8) is 0 Å². The number of amides is 1. The Morgan fingerprint density at radius 2 is 1.97 bits per heavy atom. The van der Waals surface area contributed by atoms with Gasteiger partial charge in [0.25, 0.3) is 0 Å². The summed E-state index contributed by atoms with van der Waals surface area (Å²) < 4.78 is 18.0. The fourth-order valence-electron chi connectivity index (χ4n) is 5.87. The molecule has 2 N–H and O–H groups in total. The smallest absolute Gasteiger partial charge is 0.220 e. The van der Waals surface area contributed by atoms with Crippen LogP contribution in [0.5, 0.6) is 0 Å². The lowest BCUT2D eigenvalue weighted by Gasteiger charge is -2.35. The number of aliphatic hydroxyl groups is 1. The van der Waals surface area contributed by atoms with E-state index in [4.69, 9.17) is 14.2 Å². The van der Waals surface area contributed by atoms with Crippen LogP contribution in [0, 0.1) is 17.8 Å². The Labute approximate surface area is 220 Å². The zero-order chi connectivity index (χ0) is 26.9. The number of carbonyl (C=O) groups excluding carboxylic acids is 1. The number of epoxide rings is 1. The van der Waals surface area contributed by atoms with Crippen LogP contribution in [0.3, 0.4) is 0 Å². The van der Waals surface area contributed by atoms with E-state index in [0.717, 1.165) is 38.5 Å². The van der Waals surface area contributed by atoms with E-state index in [9.17, 15) is 9.90 Å². The molecular formula is C30H53NO5. The van der Waals surface area contributed by atoms with E-state index in [0.29, 0.717) is 24.8 Å². The summed E-state index contributed by atoms with van der Waals surface area (Å²) in [6, 6.07) is 0. The molecule has 0 aromatic carbocycles. The highest BCUT2D eigenvalue weighted by Gasteiger charge is 2.56. The number of ether oxygens (including phenoxy) is 3. The number of nitrogens with one attached hydrogen (secondary N) is 1. The molecule has 2 aliphatic heterocycles. The van der Waals surface area contributed by atoms with Crippen molar-refractivity contribution in [3.8, 4) is 0 Å². The van der Waals surface area contributed by atoms with Crippen LogP contribution >= 0.6 is 0 Å². The zero-order valence-electron chi connectivity index (χ0n) is 24.1. The predicted octanol–water partition coefficient (Wildman–Crippen LogP) is 5.58. The van der Waals surface area contributed by atoms with Gasteiger partial charge in [-0.15, -0.1) is 0 Å². The van der Waals surface area contributed by atoms with Crippen molar-refractivity contribution < 1.29 is 24.1 Å². The molecule has 0 spiro atoms. The fourth-order valence-corrected chi connectivity index (χ4v) is 5.87. The lowest BCUT2D eigenvalue weighted by molar-refractivity contribution is -0.123. The molecule has 2 saturated heterocycles. The molecule has 1 amide bonds. The number of hydrogen-bond acceptors (Lipinski definition) is 5. The van der Waals surface area contributed by atoms with Crippen LogP contribution in [0.15, 0.2) is 23.8 Å². The molecule has 9 atom stereocenters. The summed E-state index contributed by atoms with van der Waals surface area (Å²) in [6.07, 6.45) is 12.9. The summed E-state index contributed by atoms with van der Waals surface area (Å²) in [7, 11) is 1.65. The van der Waals surface area contributed by atoms with Crippen molar-refractivity contribution in [2.24, 2.45) is 17.8 Å². The molecule has 2 heterocycles. The van der Waals surface area contributed by atoms with Crippen LogP contribution in [-0.2, 0) is 19.0 Å². The van der Waals surface area contributed by atoms with Crippen LogP contribution in [0.4, 0.5) is 0 Å². The van der Waals surface area contributed by atoms with Gasteiger partial charge in [0.1, 0.15) is 0 Å². The summed E-state index contributed by atoms with van der Waals surface area (Å²) >= 11 is 0. The summed E-state index contributed by atoms with van der Waals surface area (Å²) in [5.74, 6) is 1.11. The van der Waals surface area contributed by atoms with E-state index in [-0.39, 0.29) is 41.8 Å². The van der Waals surface area contributed by atoms with Gasteiger partial charge in [0.05, 0.1) is 36.1 Å². The second kappa shape index (κ2) is 14.7. The normalized spacial score (nSPS) is 32.2. The Balaban J connectivity index is 1.83. The fraction of sp³-hybridized carbons (Fsp3) is 0.833. The van der Waals surface area contributed by atoms with Gasteiger partial charge in [0, 0.05) is 26.0 Å². The molecule has 0 unspecified atom stereocenters. The average molecular weight is 508 g/mol. The van der Waals surface area contributed by atoms with Crippen LogP contribution in [0.2, 0.25) is 0 Å². The SMILES string of the molecule is CCCCCC(=O)NC[C@H]1CC[C@H](C)[C@@H](/C(C)=C/C=C/[C@@H](C)C[C@@]2(C)O[C@@H]2[C@H](C)[C@@H](OC)[C@@H](C)O)O1. The lowest BCUT2D eigenvalue weighted by Crippen LogP contribution is -2.41. The quantitative estimate of drug-likeness (QED) is 0.172. The maximum atomic E-state index is 12.1. The summed E-state index contributed by atoms with van der Waals surface area (Å²) in [6.45, 7) is 15.4. The second-order valence-corrected chi connectivity index (χ2v) is 11.6. The number of rotatable bonds is 15. The van der Waals surface area contributed by atoms with E-state index in [1.54, 1.807) is 14.0 Å². The number of aliphatic hydroxyl groups excluding tert-OH is 1. The third-order valence-corrected chi connectivity index (χ3v) is 7.99. The molecule has 0 radical (unpaired) electrons. The Bertz CT molecular complexity index is 735. The molecule has 0 saturated carbocycles. The highest BCUT2D eigenvalue weighted by atomic mass is 16.6. The molecule has 6 nitrogen and oxygen atoms in total. The first-order chi connectivity index (χ1) is 17.0. The monoisotopic (exact) mass is 507 g/mol. The standard InChI is InChI=1S/C30H53NO5/c1-9-10-11-15-26(33)31-19-25-17-16-22(4)27(35-25)21(3)14-12-13-20(2)18-30(7)29(36-30)23(5)28(34-8)24(6)32/h12-14,20,22-25,27-29,32H,9-11,15-19H2,1-8H3,(H,31,33)/b13-12+,21-14+/t20-,22+,23-,24-,25-,27-,28-,29-,30-/m1/s1. The van der Waals surface area contributed by atoms with E-state index in [2.05, 4.69) is 65.1 Å². The average Bonchev–Trinajstić information content (AvgIpc) is 3.49. The summed E-state index contributed by atoms with van der Waals surface area (Å²) in [4.78, 5) is 12.1. The zero-order valence-corrected chi connectivity index (χ0v) is 24.1. The molecular weight excluding hydrogens is 454 g/mol. The van der Waals surface area contributed by atoms with Crippen molar-refractivity contribution in [2.45, 2.75) is 130 Å². The number of carbonyl (C=O) groups is 1. The Hall–Kier alpha value is -1.21. The van der Waals surface area contributed by atoms with Gasteiger partial charge in [-0.3, -0.25) is 4.79 Å². The van der Waals surface area contributed by atoms with Gasteiger partial charge in [-0.25, -0.2) is 0 Å². The van der Waals surface area contributed by atoms with Gasteiger partial charge in [-0.1, -0.05) is 58.8 Å². The van der Waals surface area contributed by atoms with Crippen molar-refractivity contribution in [2.75, 3.05) is 13.7 Å². The number of hydrogen-bond donors (Lipinski definition) is 2. The van der Waals surface area contributed by atoms with E-state index < -0.39 is 6.10 Å². The van der Waals surface area contributed by atoms with Gasteiger partial charge in [0.15, 0.2) is 0 Å². The van der Waals surface area contributed by atoms with Crippen molar-refractivity contribution in [1.82, 2.24) is 5.32 Å². The summed E-state index contributed by atoms with van der Waals surface area (Å²) in [5.41, 5.74) is 1.05. The summed E-state index contributed by atoms with van der Waals surface area (Å²) in [5, 5.41) is 13.1. The van der Waals surface area contributed by atoms with Gasteiger partial charge in [0.2, 0.25) is 5.91 Å². The molecule has 2 rings (SSSR count). The van der Waals surface area contributed by atoms with Crippen molar-refractivity contribution >= 4 is 5.91 Å². The minimum Gasteiger partial charge on any atom is -0.391 e. The molecule has 6 heteroatoms. The molecule has 0 aliphatic carbocycles. The van der Waals surface area contributed by atoms with Crippen molar-refractivity contribution in [3.05, 3.63) is 23.8 Å². The maximum absolute atomic E-state index is 12.1. The second-order valence-electron chi connectivity index (χ2n) is 11.6. The highest BCUT2D eigenvalue weighted by Crippen LogP contribution is 2.47. The van der Waals surface area contributed by atoms with Crippen LogP contribution in [0.1, 0.15) is 93.4 Å². The van der Waals surface area contributed by atoms with Crippen LogP contribution in [-0.4, -0.2) is 60.8 Å². The van der Waals surface area contributed by atoms with E-state index >= 15 is 0 Å². The Morgan fingerprint density at radius 1 is 1.25 bits per heavy atom. The van der Waals surface area contributed by atoms with Crippen LogP contribution in [0.25, 0.3) is 0 Å². The first-order valence-electron chi connectivity index (χ1n) is 14.2. The van der Waals surface area contributed by atoms with Gasteiger partial charge in [-0.2, -0.15) is 0 Å². The molecule has 36 heavy (non-hydrogen) atoms. The lowest BCUT2D eigenvalue weighted by atomic mass is 9.85. The van der Waals surface area contributed by atoms with E-state index in [1.807, 2.05) is 0 Å². The van der Waals surface area contributed by atoms with E-state index in [1.165, 1.54) is 5.57 Å². The third-order valence-electron chi connectivity index (χ3n) is 7.99. The first-order valence-corrected chi connectivity index (χ1v) is 14.2. The Kier molecular flexibility index (Phi) is 12.6. The molecule has 2 fully saturated rings. The molecule has 0 aromatic heterocycles. The largest absolute Gasteiger partial charge is 0.391 e. The van der Waals surface area contributed by atoms with Gasteiger partial charge in [-0.05, 0) is 63.9 Å². The van der Waals surface area contributed by atoms with Crippen molar-refractivity contribution in [1.29, 1.82) is 0 Å². The minimum atomic E-state index is -0.519. The maximum Gasteiger partial charge on any atom is 0.220 e. The van der Waals surface area contributed by atoms with Gasteiger partial charge < -0.3 is 24.6 Å². The van der Waals surface area contributed by atoms with Gasteiger partial charge >= 0.3 is 0 Å². The Morgan fingerprint density at radius 3 is 2.61 bits per heavy atom. The molecule has 0 bridgehead atoms. The van der Waals surface area contributed by atoms with Crippen LogP contribution < -0.4 is 5.32 Å². The predicted molar refractivity (Wildman–Crippen MR) is 146 cm³/mol. The number of methoxy groups -OCH3 is 1. The first kappa shape index (κ1) is 31.0. The highest BCUT2D eigenvalue weighted by molar-refractivity contribution is 5.75. The molecule has 2 aliphatic rings. The molecule has 0 aromatic rings. The third kappa shape index (κ3) is 9.27. The number of allylic oxidation sites excluding steroid dienone is 3. The topological polar surface area (TPSA) is 80.3 Å². The molecule has 208 valence electrons. The minimum absolute atomic E-state index is 0.0797.